The molecule has 2 N–H and O–H groups in total. The molecule has 4 heteroatoms. The Labute approximate surface area is 97.4 Å². The first-order valence-corrected chi connectivity index (χ1v) is 6.25. The maximum absolute atomic E-state index is 10.7. The molecular weight excluding hydrogens is 206 g/mol. The molecule has 0 unspecified atom stereocenters. The van der Waals surface area contributed by atoms with Crippen molar-refractivity contribution in [3.8, 4) is 0 Å². The molecule has 0 aromatic carbocycles. The average Bonchev–Trinajstić information content (AvgIpc) is 2.18. The molecule has 4 nitrogen and oxygen atoms in total. The van der Waals surface area contributed by atoms with Crippen molar-refractivity contribution in [3.63, 3.8) is 0 Å². The van der Waals surface area contributed by atoms with E-state index in [4.69, 9.17) is 9.84 Å². The molecule has 0 aromatic heterocycles. The fraction of sp³-hybridized carbons (Fsp3) is 0.917. The Morgan fingerprint density at radius 3 is 2.50 bits per heavy atom. The van der Waals surface area contributed by atoms with Crippen LogP contribution >= 0.6 is 0 Å². The van der Waals surface area contributed by atoms with Gasteiger partial charge < -0.3 is 15.2 Å². The third-order valence-corrected chi connectivity index (χ3v) is 3.02. The Morgan fingerprint density at radius 2 is 2.00 bits per heavy atom. The first-order chi connectivity index (χ1) is 7.68. The molecule has 0 aliphatic carbocycles. The van der Waals surface area contributed by atoms with E-state index in [9.17, 15) is 4.79 Å². The molecule has 1 fully saturated rings. The van der Waals surface area contributed by atoms with E-state index in [-0.39, 0.29) is 6.42 Å². The predicted molar refractivity (Wildman–Crippen MR) is 62.6 cm³/mol. The van der Waals surface area contributed by atoms with E-state index < -0.39 is 11.6 Å². The molecule has 0 radical (unpaired) electrons. The minimum absolute atomic E-state index is 0.120. The summed E-state index contributed by atoms with van der Waals surface area (Å²) in [5, 5.41) is 11.9. The summed E-state index contributed by atoms with van der Waals surface area (Å²) in [6, 6.07) is 0. The molecule has 1 saturated heterocycles. The first-order valence-electron chi connectivity index (χ1n) is 6.25. The highest BCUT2D eigenvalue weighted by Crippen LogP contribution is 2.21. The number of hydrogen-bond acceptors (Lipinski definition) is 3. The molecule has 1 aliphatic heterocycles. The topological polar surface area (TPSA) is 58.6 Å². The summed E-state index contributed by atoms with van der Waals surface area (Å²) in [6.07, 6.45) is 6.13. The van der Waals surface area contributed by atoms with Gasteiger partial charge in [0.25, 0.3) is 0 Å². The normalized spacial score (nSPS) is 18.1. The quantitative estimate of drug-likeness (QED) is 0.592. The molecule has 16 heavy (non-hydrogen) atoms. The van der Waals surface area contributed by atoms with Crippen LogP contribution in [0.5, 0.6) is 0 Å². The Balaban J connectivity index is 2.07. The number of carboxylic acids is 1. The number of rotatable bonds is 9. The maximum atomic E-state index is 10.7. The number of aliphatic carboxylic acids is 1. The molecule has 1 rings (SSSR count). The second kappa shape index (κ2) is 6.86. The summed E-state index contributed by atoms with van der Waals surface area (Å²) in [4.78, 5) is 10.7. The van der Waals surface area contributed by atoms with Crippen molar-refractivity contribution < 1.29 is 14.6 Å². The van der Waals surface area contributed by atoms with Crippen molar-refractivity contribution in [3.05, 3.63) is 0 Å². The second-order valence-corrected chi connectivity index (χ2v) is 4.62. The second-order valence-electron chi connectivity index (χ2n) is 4.62. The lowest BCUT2D eigenvalue weighted by Crippen LogP contribution is -2.62. The number of nitrogens with one attached hydrogen (secondary N) is 1. The highest BCUT2D eigenvalue weighted by atomic mass is 16.5. The molecule has 0 spiro atoms. The summed E-state index contributed by atoms with van der Waals surface area (Å²) < 4.78 is 5.71. The van der Waals surface area contributed by atoms with Gasteiger partial charge in [0, 0.05) is 19.7 Å². The fourth-order valence-corrected chi connectivity index (χ4v) is 1.95. The lowest BCUT2D eigenvalue weighted by atomic mass is 9.93. The molecule has 0 amide bonds. The van der Waals surface area contributed by atoms with Gasteiger partial charge in [-0.1, -0.05) is 32.6 Å². The van der Waals surface area contributed by atoms with Crippen LogP contribution in [-0.4, -0.2) is 36.4 Å². The van der Waals surface area contributed by atoms with Crippen molar-refractivity contribution >= 4 is 5.97 Å². The van der Waals surface area contributed by atoms with E-state index in [0.717, 1.165) is 6.42 Å². The Morgan fingerprint density at radius 1 is 1.31 bits per heavy atom. The molecule has 94 valence electrons. The number of carboxylic acid groups (broad SMARTS) is 1. The molecule has 1 aliphatic rings. The van der Waals surface area contributed by atoms with Gasteiger partial charge >= 0.3 is 5.97 Å². The van der Waals surface area contributed by atoms with E-state index >= 15 is 0 Å². The largest absolute Gasteiger partial charge is 0.481 e. The Bertz CT molecular complexity index is 214. The maximum Gasteiger partial charge on any atom is 0.306 e. The smallest absolute Gasteiger partial charge is 0.306 e. The molecule has 0 bridgehead atoms. The fourth-order valence-electron chi connectivity index (χ4n) is 1.95. The molecule has 0 aromatic rings. The van der Waals surface area contributed by atoms with Crippen LogP contribution in [0.1, 0.15) is 45.4 Å². The van der Waals surface area contributed by atoms with Crippen LogP contribution in [0.15, 0.2) is 0 Å². The highest BCUT2D eigenvalue weighted by molar-refractivity contribution is 5.68. The zero-order chi connectivity index (χ0) is 11.9. The van der Waals surface area contributed by atoms with E-state index in [2.05, 4.69) is 12.2 Å². The molecule has 1 heterocycles. The van der Waals surface area contributed by atoms with Gasteiger partial charge in [-0.15, -0.1) is 0 Å². The van der Waals surface area contributed by atoms with Crippen molar-refractivity contribution in [2.24, 2.45) is 0 Å². The highest BCUT2D eigenvalue weighted by Gasteiger charge is 2.39. The number of ether oxygens (including phenoxy) is 1. The van der Waals surface area contributed by atoms with Gasteiger partial charge in [-0.25, -0.2) is 0 Å². The minimum Gasteiger partial charge on any atom is -0.481 e. The van der Waals surface area contributed by atoms with E-state index in [0.29, 0.717) is 19.7 Å². The van der Waals surface area contributed by atoms with Gasteiger partial charge in [0.05, 0.1) is 6.42 Å². The predicted octanol–water partition coefficient (Wildman–Crippen LogP) is 1.79. The standard InChI is InChI=1S/C12H23NO3/c1-2-3-4-5-6-7-16-12(8-11(14)15)9-13-10-12/h13H,2-10H2,1H3,(H,14,15). The van der Waals surface area contributed by atoms with Crippen LogP contribution in [0, 0.1) is 0 Å². The lowest BCUT2D eigenvalue weighted by molar-refractivity contribution is -0.150. The van der Waals surface area contributed by atoms with Crippen molar-refractivity contribution in [2.45, 2.75) is 51.0 Å². The van der Waals surface area contributed by atoms with E-state index in [1.165, 1.54) is 25.7 Å². The summed E-state index contributed by atoms with van der Waals surface area (Å²) in [7, 11) is 0. The zero-order valence-corrected chi connectivity index (χ0v) is 10.1. The van der Waals surface area contributed by atoms with Gasteiger partial charge in [-0.05, 0) is 6.42 Å². The van der Waals surface area contributed by atoms with Crippen LogP contribution in [0.3, 0.4) is 0 Å². The summed E-state index contributed by atoms with van der Waals surface area (Å²) in [5.74, 6) is -0.771. The lowest BCUT2D eigenvalue weighted by Gasteiger charge is -2.41. The van der Waals surface area contributed by atoms with Crippen LogP contribution in [0.4, 0.5) is 0 Å². The van der Waals surface area contributed by atoms with Crippen LogP contribution in [0.2, 0.25) is 0 Å². The van der Waals surface area contributed by atoms with Gasteiger partial charge in [-0.2, -0.15) is 0 Å². The van der Waals surface area contributed by atoms with E-state index in [1.807, 2.05) is 0 Å². The van der Waals surface area contributed by atoms with Crippen molar-refractivity contribution in [1.29, 1.82) is 0 Å². The zero-order valence-electron chi connectivity index (χ0n) is 10.1. The van der Waals surface area contributed by atoms with Crippen molar-refractivity contribution in [2.75, 3.05) is 19.7 Å². The Hall–Kier alpha value is -0.610. The third kappa shape index (κ3) is 4.49. The number of unbranched alkanes of at least 4 members (excludes halogenated alkanes) is 4. The van der Waals surface area contributed by atoms with Crippen LogP contribution < -0.4 is 5.32 Å². The summed E-state index contributed by atoms with van der Waals surface area (Å²) in [5.41, 5.74) is -0.420. The average molecular weight is 229 g/mol. The summed E-state index contributed by atoms with van der Waals surface area (Å²) >= 11 is 0. The minimum atomic E-state index is -0.771. The Kier molecular flexibility index (Phi) is 5.77. The number of carbonyl (C=O) groups is 1. The van der Waals surface area contributed by atoms with Gasteiger partial charge in [-0.3, -0.25) is 4.79 Å². The summed E-state index contributed by atoms with van der Waals surface area (Å²) in [6.45, 7) is 4.24. The third-order valence-electron chi connectivity index (χ3n) is 3.02. The van der Waals surface area contributed by atoms with Crippen LogP contribution in [-0.2, 0) is 9.53 Å². The van der Waals surface area contributed by atoms with Crippen LogP contribution in [0.25, 0.3) is 0 Å². The first kappa shape index (κ1) is 13.5. The van der Waals surface area contributed by atoms with Gasteiger partial charge in [0.15, 0.2) is 0 Å². The van der Waals surface area contributed by atoms with Gasteiger partial charge in [0.2, 0.25) is 0 Å². The van der Waals surface area contributed by atoms with Gasteiger partial charge in [0.1, 0.15) is 5.60 Å². The number of hydrogen-bond donors (Lipinski definition) is 2. The molecule has 0 atom stereocenters. The SMILES string of the molecule is CCCCCCCOC1(CC(=O)O)CNC1. The monoisotopic (exact) mass is 229 g/mol. The molecular formula is C12H23NO3. The van der Waals surface area contributed by atoms with E-state index in [1.54, 1.807) is 0 Å². The molecule has 0 saturated carbocycles. The van der Waals surface area contributed by atoms with Crippen molar-refractivity contribution in [1.82, 2.24) is 5.32 Å².